The molecule has 1 aliphatic rings. The fraction of sp³-hybridized carbons (Fsp3) is 0.300. The number of nitrogens with one attached hydrogen (secondary N) is 1. The summed E-state index contributed by atoms with van der Waals surface area (Å²) in [6.07, 6.45) is 7.15. The Morgan fingerprint density at radius 3 is 2.80 bits per heavy atom. The van der Waals surface area contributed by atoms with Crippen molar-refractivity contribution in [1.82, 2.24) is 15.3 Å². The highest BCUT2D eigenvalue weighted by Gasteiger charge is 2.15. The van der Waals surface area contributed by atoms with Crippen LogP contribution in [-0.4, -0.2) is 21.9 Å². The molecule has 4 nitrogen and oxygen atoms in total. The van der Waals surface area contributed by atoms with Gasteiger partial charge in [-0.3, -0.25) is 4.79 Å². The van der Waals surface area contributed by atoms with E-state index in [1.165, 1.54) is 12.4 Å². The van der Waals surface area contributed by atoms with Crippen LogP contribution in [-0.2, 0) is 0 Å². The molecule has 0 radical (unpaired) electrons. The largest absolute Gasteiger partial charge is 0.347 e. The predicted molar refractivity (Wildman–Crippen MR) is 56.7 cm³/mol. The standard InChI is InChI=1S/C10H10ClN3O/c11-9-5-8(12-6-13-9)10(15)14-7-3-1-2-4-7/h1-2,5-7H,3-4H2,(H,14,15). The van der Waals surface area contributed by atoms with Gasteiger partial charge in [0.15, 0.2) is 0 Å². The van der Waals surface area contributed by atoms with Crippen molar-refractivity contribution in [3.8, 4) is 0 Å². The van der Waals surface area contributed by atoms with Crippen LogP contribution >= 0.6 is 11.6 Å². The van der Waals surface area contributed by atoms with Crippen LogP contribution < -0.4 is 5.32 Å². The number of hydrogen-bond donors (Lipinski definition) is 1. The Hall–Kier alpha value is -1.42. The molecule has 0 saturated carbocycles. The minimum Gasteiger partial charge on any atom is -0.347 e. The van der Waals surface area contributed by atoms with Crippen molar-refractivity contribution in [1.29, 1.82) is 0 Å². The van der Waals surface area contributed by atoms with Crippen molar-refractivity contribution in [3.05, 3.63) is 35.4 Å². The smallest absolute Gasteiger partial charge is 0.270 e. The van der Waals surface area contributed by atoms with Gasteiger partial charge in [0.2, 0.25) is 0 Å². The van der Waals surface area contributed by atoms with Gasteiger partial charge in [0.1, 0.15) is 17.2 Å². The summed E-state index contributed by atoms with van der Waals surface area (Å²) in [4.78, 5) is 19.2. The van der Waals surface area contributed by atoms with E-state index in [2.05, 4.69) is 27.4 Å². The number of amides is 1. The number of nitrogens with zero attached hydrogens (tertiary/aromatic N) is 2. The van der Waals surface area contributed by atoms with Gasteiger partial charge < -0.3 is 5.32 Å². The van der Waals surface area contributed by atoms with E-state index < -0.39 is 0 Å². The Balaban J connectivity index is 2.01. The summed E-state index contributed by atoms with van der Waals surface area (Å²) >= 11 is 5.66. The zero-order valence-electron chi connectivity index (χ0n) is 7.98. The maximum atomic E-state index is 11.7. The van der Waals surface area contributed by atoms with E-state index >= 15 is 0 Å². The SMILES string of the molecule is O=C(NC1CC=CC1)c1cc(Cl)ncn1. The quantitative estimate of drug-likeness (QED) is 0.612. The normalized spacial score (nSPS) is 15.5. The van der Waals surface area contributed by atoms with E-state index in [4.69, 9.17) is 11.6 Å². The van der Waals surface area contributed by atoms with Crippen LogP contribution in [0.15, 0.2) is 24.5 Å². The van der Waals surface area contributed by atoms with Gasteiger partial charge in [-0.1, -0.05) is 23.8 Å². The minimum atomic E-state index is -0.201. The fourth-order valence-corrected chi connectivity index (χ4v) is 1.60. The van der Waals surface area contributed by atoms with Crippen molar-refractivity contribution >= 4 is 17.5 Å². The molecular weight excluding hydrogens is 214 g/mol. The first-order valence-corrected chi connectivity index (χ1v) is 5.07. The second-order valence-corrected chi connectivity index (χ2v) is 3.73. The maximum absolute atomic E-state index is 11.7. The molecule has 5 heteroatoms. The lowest BCUT2D eigenvalue weighted by molar-refractivity contribution is 0.0933. The molecule has 1 heterocycles. The van der Waals surface area contributed by atoms with Crippen molar-refractivity contribution in [2.45, 2.75) is 18.9 Å². The molecule has 0 spiro atoms. The third-order valence-corrected chi connectivity index (χ3v) is 2.42. The third-order valence-electron chi connectivity index (χ3n) is 2.21. The number of aromatic nitrogens is 2. The third kappa shape index (κ3) is 2.53. The average molecular weight is 224 g/mol. The van der Waals surface area contributed by atoms with Crippen LogP contribution in [0.25, 0.3) is 0 Å². The summed E-state index contributed by atoms with van der Waals surface area (Å²) < 4.78 is 0. The molecule has 1 aliphatic carbocycles. The van der Waals surface area contributed by atoms with Crippen LogP contribution in [0, 0.1) is 0 Å². The molecule has 0 atom stereocenters. The second-order valence-electron chi connectivity index (χ2n) is 3.34. The van der Waals surface area contributed by atoms with Gasteiger partial charge in [-0.2, -0.15) is 0 Å². The highest BCUT2D eigenvalue weighted by molar-refractivity contribution is 6.29. The Kier molecular flexibility index (Phi) is 2.97. The summed E-state index contributed by atoms with van der Waals surface area (Å²) in [5.74, 6) is -0.201. The van der Waals surface area contributed by atoms with Crippen molar-refractivity contribution < 1.29 is 4.79 Å². The van der Waals surface area contributed by atoms with Gasteiger partial charge >= 0.3 is 0 Å². The highest BCUT2D eigenvalue weighted by atomic mass is 35.5. The number of carbonyl (C=O) groups excluding carboxylic acids is 1. The molecule has 1 aromatic heterocycles. The maximum Gasteiger partial charge on any atom is 0.270 e. The number of hydrogen-bond acceptors (Lipinski definition) is 3. The molecule has 2 rings (SSSR count). The zero-order valence-corrected chi connectivity index (χ0v) is 8.74. The van der Waals surface area contributed by atoms with Crippen LogP contribution in [0.5, 0.6) is 0 Å². The molecule has 0 fully saturated rings. The van der Waals surface area contributed by atoms with Crippen LogP contribution in [0.4, 0.5) is 0 Å². The summed E-state index contributed by atoms with van der Waals surface area (Å²) in [6, 6.07) is 1.64. The Labute approximate surface area is 92.4 Å². The van der Waals surface area contributed by atoms with E-state index in [1.807, 2.05) is 0 Å². The lowest BCUT2D eigenvalue weighted by Gasteiger charge is -2.10. The van der Waals surface area contributed by atoms with Crippen molar-refractivity contribution in [2.24, 2.45) is 0 Å². The Morgan fingerprint density at radius 1 is 1.40 bits per heavy atom. The molecule has 0 aliphatic heterocycles. The molecule has 1 N–H and O–H groups in total. The summed E-state index contributed by atoms with van der Waals surface area (Å²) in [7, 11) is 0. The molecular formula is C10H10ClN3O. The van der Waals surface area contributed by atoms with E-state index in [-0.39, 0.29) is 17.1 Å². The molecule has 15 heavy (non-hydrogen) atoms. The topological polar surface area (TPSA) is 54.9 Å². The number of rotatable bonds is 2. The lowest BCUT2D eigenvalue weighted by Crippen LogP contribution is -2.33. The molecule has 1 amide bonds. The van der Waals surface area contributed by atoms with Crippen molar-refractivity contribution in [3.63, 3.8) is 0 Å². The van der Waals surface area contributed by atoms with Crippen LogP contribution in [0.1, 0.15) is 23.3 Å². The average Bonchev–Trinajstić information content (AvgIpc) is 2.70. The van der Waals surface area contributed by atoms with E-state index in [0.29, 0.717) is 5.69 Å². The first-order chi connectivity index (χ1) is 7.25. The summed E-state index contributed by atoms with van der Waals surface area (Å²) in [6.45, 7) is 0. The predicted octanol–water partition coefficient (Wildman–Crippen LogP) is 1.58. The lowest BCUT2D eigenvalue weighted by atomic mass is 10.2. The zero-order chi connectivity index (χ0) is 10.7. The minimum absolute atomic E-state index is 0.186. The highest BCUT2D eigenvalue weighted by Crippen LogP contribution is 2.10. The van der Waals surface area contributed by atoms with E-state index in [1.54, 1.807) is 0 Å². The Morgan fingerprint density at radius 2 is 2.13 bits per heavy atom. The molecule has 78 valence electrons. The second kappa shape index (κ2) is 4.40. The molecule has 0 saturated heterocycles. The monoisotopic (exact) mass is 223 g/mol. The van der Waals surface area contributed by atoms with Gasteiger partial charge in [0.05, 0.1) is 0 Å². The summed E-state index contributed by atoms with van der Waals surface area (Å²) in [5.41, 5.74) is 0.307. The molecule has 0 unspecified atom stereocenters. The van der Waals surface area contributed by atoms with Crippen LogP contribution in [0.2, 0.25) is 5.15 Å². The van der Waals surface area contributed by atoms with E-state index in [9.17, 15) is 4.79 Å². The summed E-state index contributed by atoms with van der Waals surface area (Å²) in [5, 5.41) is 3.15. The van der Waals surface area contributed by atoms with Gasteiger partial charge in [-0.15, -0.1) is 0 Å². The molecule has 1 aromatic rings. The van der Waals surface area contributed by atoms with Gasteiger partial charge in [-0.25, -0.2) is 9.97 Å². The van der Waals surface area contributed by atoms with Crippen LogP contribution in [0.3, 0.4) is 0 Å². The van der Waals surface area contributed by atoms with Crippen molar-refractivity contribution in [2.75, 3.05) is 0 Å². The molecule has 0 aromatic carbocycles. The first kappa shape index (κ1) is 10.1. The first-order valence-electron chi connectivity index (χ1n) is 4.69. The number of halogens is 1. The molecule has 0 bridgehead atoms. The fourth-order valence-electron chi connectivity index (χ4n) is 1.45. The van der Waals surface area contributed by atoms with Gasteiger partial charge in [0.25, 0.3) is 5.91 Å². The van der Waals surface area contributed by atoms with Gasteiger partial charge in [-0.05, 0) is 12.8 Å². The number of carbonyl (C=O) groups is 1. The van der Waals surface area contributed by atoms with E-state index in [0.717, 1.165) is 12.8 Å². The Bertz CT molecular complexity index is 397. The van der Waals surface area contributed by atoms with Gasteiger partial charge in [0, 0.05) is 12.1 Å².